The van der Waals surface area contributed by atoms with E-state index < -0.39 is 35.7 Å². The van der Waals surface area contributed by atoms with Crippen molar-refractivity contribution < 1.29 is 24.0 Å². The Kier molecular flexibility index (Phi) is 6.33. The maximum absolute atomic E-state index is 13.2. The molecule has 2 aromatic heterocycles. The largest absolute Gasteiger partial charge is 0.350 e. The normalized spacial score (nSPS) is 19.0. The molecule has 4 aromatic rings. The molecule has 7 rings (SSSR count). The van der Waals surface area contributed by atoms with Crippen LogP contribution in [0.4, 0.5) is 0 Å². The van der Waals surface area contributed by atoms with Crippen LogP contribution < -0.4 is 10.6 Å². The van der Waals surface area contributed by atoms with E-state index in [1.165, 1.54) is 6.07 Å². The van der Waals surface area contributed by atoms with Gasteiger partial charge in [0.05, 0.1) is 39.7 Å². The number of benzene rings is 2. The van der Waals surface area contributed by atoms with Crippen LogP contribution in [0.15, 0.2) is 54.9 Å². The van der Waals surface area contributed by atoms with Gasteiger partial charge in [-0.25, -0.2) is 4.98 Å². The molecule has 0 bridgehead atoms. The van der Waals surface area contributed by atoms with E-state index in [9.17, 15) is 24.0 Å². The van der Waals surface area contributed by atoms with Gasteiger partial charge in [-0.05, 0) is 56.0 Å². The number of amides is 5. The maximum atomic E-state index is 13.2. The molecular formula is C31H27N7O5. The van der Waals surface area contributed by atoms with Gasteiger partial charge in [-0.1, -0.05) is 18.2 Å². The average Bonchev–Trinajstić information content (AvgIpc) is 3.72. The van der Waals surface area contributed by atoms with E-state index in [0.717, 1.165) is 40.0 Å². The Labute approximate surface area is 245 Å². The molecule has 216 valence electrons. The third-order valence-corrected chi connectivity index (χ3v) is 8.20. The monoisotopic (exact) mass is 577 g/mol. The van der Waals surface area contributed by atoms with Crippen molar-refractivity contribution in [2.45, 2.75) is 57.2 Å². The third kappa shape index (κ3) is 4.74. The molecule has 3 aliphatic rings. The van der Waals surface area contributed by atoms with Gasteiger partial charge in [0, 0.05) is 30.6 Å². The van der Waals surface area contributed by atoms with Gasteiger partial charge in [0.1, 0.15) is 12.1 Å². The van der Waals surface area contributed by atoms with Gasteiger partial charge in [0.15, 0.2) is 0 Å². The molecule has 2 unspecified atom stereocenters. The molecule has 2 N–H and O–H groups in total. The van der Waals surface area contributed by atoms with Crippen molar-refractivity contribution in [1.29, 1.82) is 0 Å². The molecule has 2 aromatic carbocycles. The highest BCUT2D eigenvalue weighted by atomic mass is 16.2. The van der Waals surface area contributed by atoms with Gasteiger partial charge in [-0.15, -0.1) is 0 Å². The fourth-order valence-electron chi connectivity index (χ4n) is 5.63. The number of nitrogens with one attached hydrogen (secondary N) is 2. The predicted molar refractivity (Wildman–Crippen MR) is 152 cm³/mol. The summed E-state index contributed by atoms with van der Waals surface area (Å²) in [4.78, 5) is 73.4. The molecule has 12 heteroatoms. The molecule has 1 saturated heterocycles. The summed E-state index contributed by atoms with van der Waals surface area (Å²) in [5.74, 6) is -2.20. The topological polar surface area (TPSA) is 156 Å². The predicted octanol–water partition coefficient (Wildman–Crippen LogP) is 2.65. The minimum atomic E-state index is -1.03. The second-order valence-electron chi connectivity index (χ2n) is 11.1. The van der Waals surface area contributed by atoms with E-state index in [-0.39, 0.29) is 36.4 Å². The number of hydrogen-bond acceptors (Lipinski definition) is 8. The van der Waals surface area contributed by atoms with Crippen molar-refractivity contribution in [2.75, 3.05) is 0 Å². The van der Waals surface area contributed by atoms with Crippen LogP contribution in [0.1, 0.15) is 76.5 Å². The minimum Gasteiger partial charge on any atom is -0.350 e. The number of imide groups is 2. The van der Waals surface area contributed by atoms with E-state index in [0.29, 0.717) is 17.2 Å². The quantitative estimate of drug-likeness (QED) is 0.318. The van der Waals surface area contributed by atoms with Crippen LogP contribution in [-0.4, -0.2) is 60.2 Å². The zero-order valence-electron chi connectivity index (χ0n) is 23.2. The molecule has 2 aliphatic heterocycles. The van der Waals surface area contributed by atoms with Crippen molar-refractivity contribution in [1.82, 2.24) is 35.3 Å². The summed E-state index contributed by atoms with van der Waals surface area (Å²) < 4.78 is 1.65. The number of aromatic nitrogens is 4. The molecule has 1 aliphatic carbocycles. The lowest BCUT2D eigenvalue weighted by atomic mass is 10.0. The Bertz CT molecular complexity index is 1860. The molecule has 43 heavy (non-hydrogen) atoms. The first-order valence-electron chi connectivity index (χ1n) is 14.2. The Balaban J connectivity index is 1.06. The number of hydrogen-bond donors (Lipinski definition) is 2. The summed E-state index contributed by atoms with van der Waals surface area (Å²) in [7, 11) is 0. The second kappa shape index (κ2) is 10.2. The Morgan fingerprint density at radius 2 is 1.77 bits per heavy atom. The van der Waals surface area contributed by atoms with E-state index in [1.807, 2.05) is 30.5 Å². The number of carbonyl (C=O) groups is 5. The van der Waals surface area contributed by atoms with Crippen molar-refractivity contribution in [3.8, 4) is 11.3 Å². The summed E-state index contributed by atoms with van der Waals surface area (Å²) in [6.07, 6.45) is 5.79. The standard InChI is InChI=1S/C31H27N7O5/c1-16(37-15-21(27(36-37)18-7-8-18)24-14-32-22-4-2-3-5-23(22)34-24)28(40)33-13-17-6-9-19-20(12-17)31(43)38(30(19)42)25-10-11-26(39)35-29(25)41/h2-6,9,12,14-16,18,25H,7-8,10-11,13H2,1H3,(H,33,40)(H,35,39,41). The van der Waals surface area contributed by atoms with Crippen LogP contribution >= 0.6 is 0 Å². The molecule has 0 radical (unpaired) electrons. The summed E-state index contributed by atoms with van der Waals surface area (Å²) in [5.41, 5.74) is 5.05. The van der Waals surface area contributed by atoms with Gasteiger partial charge in [-0.2, -0.15) is 5.10 Å². The number of nitrogens with zero attached hydrogens (tertiary/aromatic N) is 5. The lowest BCUT2D eigenvalue weighted by molar-refractivity contribution is -0.136. The molecule has 12 nitrogen and oxygen atoms in total. The van der Waals surface area contributed by atoms with Crippen LogP contribution in [0.3, 0.4) is 0 Å². The van der Waals surface area contributed by atoms with Gasteiger partial charge < -0.3 is 5.32 Å². The van der Waals surface area contributed by atoms with Crippen molar-refractivity contribution in [3.63, 3.8) is 0 Å². The Morgan fingerprint density at radius 3 is 2.53 bits per heavy atom. The van der Waals surface area contributed by atoms with Gasteiger partial charge in [0.25, 0.3) is 11.8 Å². The van der Waals surface area contributed by atoms with Gasteiger partial charge >= 0.3 is 0 Å². The number of carbonyl (C=O) groups excluding carboxylic acids is 5. The molecule has 1 saturated carbocycles. The first kappa shape index (κ1) is 26.6. The van der Waals surface area contributed by atoms with Crippen molar-refractivity contribution >= 4 is 40.6 Å². The van der Waals surface area contributed by atoms with Crippen LogP contribution in [0.5, 0.6) is 0 Å². The Hall–Kier alpha value is -5.26. The van der Waals surface area contributed by atoms with Crippen LogP contribution in [0.2, 0.25) is 0 Å². The summed E-state index contributed by atoms with van der Waals surface area (Å²) >= 11 is 0. The van der Waals surface area contributed by atoms with E-state index in [2.05, 4.69) is 15.6 Å². The second-order valence-corrected chi connectivity index (χ2v) is 11.1. The zero-order valence-corrected chi connectivity index (χ0v) is 23.2. The highest BCUT2D eigenvalue weighted by Crippen LogP contribution is 2.43. The molecule has 4 heterocycles. The van der Waals surface area contributed by atoms with Crippen LogP contribution in [-0.2, 0) is 20.9 Å². The average molecular weight is 578 g/mol. The molecular weight excluding hydrogens is 550 g/mol. The van der Waals surface area contributed by atoms with E-state index >= 15 is 0 Å². The fraction of sp³-hybridized carbons (Fsp3) is 0.290. The van der Waals surface area contributed by atoms with Gasteiger partial charge in [-0.3, -0.25) is 43.9 Å². The van der Waals surface area contributed by atoms with Crippen LogP contribution in [0.25, 0.3) is 22.3 Å². The first-order valence-corrected chi connectivity index (χ1v) is 14.2. The highest BCUT2D eigenvalue weighted by Gasteiger charge is 2.44. The minimum absolute atomic E-state index is 0.0504. The van der Waals surface area contributed by atoms with Crippen molar-refractivity contribution in [2.24, 2.45) is 0 Å². The molecule has 2 fully saturated rings. The van der Waals surface area contributed by atoms with Crippen LogP contribution in [0, 0.1) is 0 Å². The zero-order chi connectivity index (χ0) is 29.8. The SMILES string of the molecule is CC(C(=O)NCc1ccc2c(c1)C(=O)N(C1CCC(=O)NC1=O)C2=O)n1cc(-c2cnc3ccccc3n2)c(C2CC2)n1. The summed E-state index contributed by atoms with van der Waals surface area (Å²) in [5, 5.41) is 9.87. The van der Waals surface area contributed by atoms with E-state index in [1.54, 1.807) is 29.9 Å². The fourth-order valence-corrected chi connectivity index (χ4v) is 5.63. The number of fused-ring (bicyclic) bond motifs is 2. The Morgan fingerprint density at radius 1 is 1.00 bits per heavy atom. The smallest absolute Gasteiger partial charge is 0.262 e. The lowest BCUT2D eigenvalue weighted by Crippen LogP contribution is -2.54. The molecule has 0 spiro atoms. The van der Waals surface area contributed by atoms with Crippen molar-refractivity contribution in [3.05, 3.63) is 77.2 Å². The van der Waals surface area contributed by atoms with E-state index in [4.69, 9.17) is 10.1 Å². The first-order chi connectivity index (χ1) is 20.8. The summed E-state index contributed by atoms with van der Waals surface area (Å²) in [6, 6.07) is 10.8. The number of para-hydroxylation sites is 2. The number of piperidine rings is 1. The molecule has 2 atom stereocenters. The third-order valence-electron chi connectivity index (χ3n) is 8.20. The maximum Gasteiger partial charge on any atom is 0.262 e. The number of rotatable bonds is 7. The summed E-state index contributed by atoms with van der Waals surface area (Å²) in [6.45, 7) is 1.88. The highest BCUT2D eigenvalue weighted by molar-refractivity contribution is 6.23. The van der Waals surface area contributed by atoms with Gasteiger partial charge in [0.2, 0.25) is 17.7 Å². The molecule has 5 amide bonds. The lowest BCUT2D eigenvalue weighted by Gasteiger charge is -2.27.